The molecule has 1 aromatic heterocycles. The summed E-state index contributed by atoms with van der Waals surface area (Å²) < 4.78 is 0.743. The lowest BCUT2D eigenvalue weighted by Crippen LogP contribution is -1.88. The second-order valence-electron chi connectivity index (χ2n) is 4.19. The summed E-state index contributed by atoms with van der Waals surface area (Å²) in [4.78, 5) is 4.04. The highest BCUT2D eigenvalue weighted by Gasteiger charge is 2.08. The first-order chi connectivity index (χ1) is 9.29. The van der Waals surface area contributed by atoms with Crippen molar-refractivity contribution in [2.24, 2.45) is 0 Å². The first-order valence-electron chi connectivity index (χ1n) is 5.83. The van der Waals surface area contributed by atoms with Gasteiger partial charge in [-0.1, -0.05) is 36.4 Å². The molecule has 90 valence electrons. The molecule has 0 unspecified atom stereocenters. The quantitative estimate of drug-likeness (QED) is 0.662. The van der Waals surface area contributed by atoms with Crippen LogP contribution in [-0.4, -0.2) is 4.98 Å². The Labute approximate surface area is 119 Å². The molecule has 0 spiro atoms. The molecular formula is C16H9BrN2. The van der Waals surface area contributed by atoms with Crippen LogP contribution in [-0.2, 0) is 0 Å². The van der Waals surface area contributed by atoms with Crippen LogP contribution in [0.3, 0.4) is 0 Å². The number of pyridine rings is 1. The van der Waals surface area contributed by atoms with E-state index in [1.54, 1.807) is 6.20 Å². The highest BCUT2D eigenvalue weighted by Crippen LogP contribution is 2.31. The molecule has 1 heterocycles. The number of hydrogen-bond donors (Lipinski definition) is 0. The molecule has 0 radical (unpaired) electrons. The van der Waals surface area contributed by atoms with Gasteiger partial charge in [0.1, 0.15) is 6.07 Å². The molecule has 3 aromatic rings. The van der Waals surface area contributed by atoms with E-state index in [0.29, 0.717) is 5.69 Å². The van der Waals surface area contributed by atoms with E-state index in [1.165, 1.54) is 10.8 Å². The summed E-state index contributed by atoms with van der Waals surface area (Å²) in [6.07, 6.45) is 1.66. The van der Waals surface area contributed by atoms with Crippen LogP contribution >= 0.6 is 15.9 Å². The molecule has 3 rings (SSSR count). The third-order valence-electron chi connectivity index (χ3n) is 3.06. The molecule has 0 atom stereocenters. The van der Waals surface area contributed by atoms with Gasteiger partial charge in [0.2, 0.25) is 0 Å². The molecule has 0 amide bonds. The average molecular weight is 309 g/mol. The molecule has 0 aliphatic carbocycles. The number of nitriles is 1. The van der Waals surface area contributed by atoms with Gasteiger partial charge in [-0.05, 0) is 44.4 Å². The number of hydrogen-bond acceptors (Lipinski definition) is 2. The summed E-state index contributed by atoms with van der Waals surface area (Å²) in [5, 5.41) is 11.4. The zero-order chi connectivity index (χ0) is 13.2. The molecule has 0 bridgehead atoms. The van der Waals surface area contributed by atoms with Crippen molar-refractivity contribution in [1.82, 2.24) is 4.98 Å². The van der Waals surface area contributed by atoms with E-state index in [4.69, 9.17) is 5.26 Å². The largest absolute Gasteiger partial charge is 0.244 e. The van der Waals surface area contributed by atoms with E-state index in [2.05, 4.69) is 57.3 Å². The van der Waals surface area contributed by atoms with Gasteiger partial charge in [0.05, 0.1) is 4.47 Å². The maximum absolute atomic E-state index is 9.02. The SMILES string of the molecule is N#Cc1nccc(-c2ccc3ccccc3c2)c1Br. The summed E-state index contributed by atoms with van der Waals surface area (Å²) in [7, 11) is 0. The molecule has 0 aliphatic heterocycles. The number of fused-ring (bicyclic) bond motifs is 1. The van der Waals surface area contributed by atoms with E-state index in [0.717, 1.165) is 15.6 Å². The van der Waals surface area contributed by atoms with Crippen molar-refractivity contribution >= 4 is 26.7 Å². The smallest absolute Gasteiger partial charge is 0.155 e. The van der Waals surface area contributed by atoms with Gasteiger partial charge in [0.15, 0.2) is 5.69 Å². The van der Waals surface area contributed by atoms with Crippen molar-refractivity contribution in [2.75, 3.05) is 0 Å². The van der Waals surface area contributed by atoms with Crippen LogP contribution in [0.25, 0.3) is 21.9 Å². The second kappa shape index (κ2) is 4.83. The molecule has 0 fully saturated rings. The van der Waals surface area contributed by atoms with Crippen LogP contribution in [0.4, 0.5) is 0 Å². The predicted molar refractivity (Wildman–Crippen MR) is 79.6 cm³/mol. The van der Waals surface area contributed by atoms with Gasteiger partial charge in [-0.3, -0.25) is 0 Å². The summed E-state index contributed by atoms with van der Waals surface area (Å²) in [6, 6.07) is 18.5. The van der Waals surface area contributed by atoms with Gasteiger partial charge in [0.25, 0.3) is 0 Å². The van der Waals surface area contributed by atoms with Gasteiger partial charge in [0, 0.05) is 11.8 Å². The van der Waals surface area contributed by atoms with E-state index < -0.39 is 0 Å². The second-order valence-corrected chi connectivity index (χ2v) is 4.99. The van der Waals surface area contributed by atoms with E-state index in [9.17, 15) is 0 Å². The third kappa shape index (κ3) is 2.11. The minimum absolute atomic E-state index is 0.408. The van der Waals surface area contributed by atoms with Crippen molar-refractivity contribution in [3.05, 3.63) is 64.9 Å². The van der Waals surface area contributed by atoms with Crippen molar-refractivity contribution in [3.63, 3.8) is 0 Å². The number of halogens is 1. The molecule has 0 saturated carbocycles. The van der Waals surface area contributed by atoms with Crippen molar-refractivity contribution < 1.29 is 0 Å². The number of rotatable bonds is 1. The van der Waals surface area contributed by atoms with Crippen LogP contribution < -0.4 is 0 Å². The van der Waals surface area contributed by atoms with Gasteiger partial charge >= 0.3 is 0 Å². The molecule has 3 heteroatoms. The van der Waals surface area contributed by atoms with Crippen LogP contribution in [0.15, 0.2) is 59.2 Å². The van der Waals surface area contributed by atoms with Gasteiger partial charge in [-0.2, -0.15) is 5.26 Å². The van der Waals surface area contributed by atoms with Gasteiger partial charge in [-0.15, -0.1) is 0 Å². The van der Waals surface area contributed by atoms with E-state index in [1.807, 2.05) is 18.2 Å². The molecular weight excluding hydrogens is 300 g/mol. The van der Waals surface area contributed by atoms with E-state index >= 15 is 0 Å². The number of nitrogens with zero attached hydrogens (tertiary/aromatic N) is 2. The molecule has 0 N–H and O–H groups in total. The lowest BCUT2D eigenvalue weighted by Gasteiger charge is -2.07. The zero-order valence-electron chi connectivity index (χ0n) is 9.97. The number of aromatic nitrogens is 1. The Kier molecular flexibility index (Phi) is 3.02. The highest BCUT2D eigenvalue weighted by atomic mass is 79.9. The van der Waals surface area contributed by atoms with E-state index in [-0.39, 0.29) is 0 Å². The van der Waals surface area contributed by atoms with Crippen molar-refractivity contribution in [1.29, 1.82) is 5.26 Å². The Bertz CT molecular complexity index is 803. The van der Waals surface area contributed by atoms with Crippen LogP contribution in [0.5, 0.6) is 0 Å². The monoisotopic (exact) mass is 308 g/mol. The van der Waals surface area contributed by atoms with Crippen LogP contribution in [0.2, 0.25) is 0 Å². The minimum atomic E-state index is 0.408. The first-order valence-corrected chi connectivity index (χ1v) is 6.62. The maximum atomic E-state index is 9.02. The van der Waals surface area contributed by atoms with Crippen molar-refractivity contribution in [2.45, 2.75) is 0 Å². The normalized spacial score (nSPS) is 10.3. The maximum Gasteiger partial charge on any atom is 0.155 e. The lowest BCUT2D eigenvalue weighted by atomic mass is 10.0. The fourth-order valence-electron chi connectivity index (χ4n) is 2.10. The average Bonchev–Trinajstić information content (AvgIpc) is 2.47. The molecule has 19 heavy (non-hydrogen) atoms. The Balaban J connectivity index is 2.22. The van der Waals surface area contributed by atoms with Crippen LogP contribution in [0, 0.1) is 11.3 Å². The molecule has 2 nitrogen and oxygen atoms in total. The van der Waals surface area contributed by atoms with Crippen molar-refractivity contribution in [3.8, 4) is 17.2 Å². The molecule has 2 aromatic carbocycles. The summed E-state index contributed by atoms with van der Waals surface area (Å²) in [5.74, 6) is 0. The Morgan fingerprint density at radius 3 is 2.58 bits per heavy atom. The summed E-state index contributed by atoms with van der Waals surface area (Å²) in [6.45, 7) is 0. The minimum Gasteiger partial charge on any atom is -0.244 e. The van der Waals surface area contributed by atoms with Gasteiger partial charge < -0.3 is 0 Å². The topological polar surface area (TPSA) is 36.7 Å². The van der Waals surface area contributed by atoms with Gasteiger partial charge in [-0.25, -0.2) is 4.98 Å². The standard InChI is InChI=1S/C16H9BrN2/c17-16-14(7-8-19-15(16)10-18)13-6-5-11-3-1-2-4-12(11)9-13/h1-9H. The zero-order valence-corrected chi connectivity index (χ0v) is 11.6. The highest BCUT2D eigenvalue weighted by molar-refractivity contribution is 9.10. The Hall–Kier alpha value is -2.18. The third-order valence-corrected chi connectivity index (χ3v) is 3.86. The lowest BCUT2D eigenvalue weighted by molar-refractivity contribution is 1.25. The fraction of sp³-hybridized carbons (Fsp3) is 0. The Morgan fingerprint density at radius 1 is 1.00 bits per heavy atom. The molecule has 0 saturated heterocycles. The number of benzene rings is 2. The summed E-state index contributed by atoms with van der Waals surface area (Å²) in [5.41, 5.74) is 2.47. The summed E-state index contributed by atoms with van der Waals surface area (Å²) >= 11 is 3.46. The Morgan fingerprint density at radius 2 is 1.79 bits per heavy atom. The predicted octanol–water partition coefficient (Wildman–Crippen LogP) is 4.54. The van der Waals surface area contributed by atoms with Crippen LogP contribution in [0.1, 0.15) is 5.69 Å². The molecule has 0 aliphatic rings. The first kappa shape index (κ1) is 11.9. The fourth-order valence-corrected chi connectivity index (χ4v) is 2.65.